The first-order chi connectivity index (χ1) is 11.6. The number of aryl methyl sites for hydroxylation is 2. The van der Waals surface area contributed by atoms with Crippen LogP contribution in [0.1, 0.15) is 49.4 Å². The molecule has 0 saturated heterocycles. The summed E-state index contributed by atoms with van der Waals surface area (Å²) in [7, 11) is 0. The van der Waals surface area contributed by atoms with Gasteiger partial charge in [0, 0.05) is 19.4 Å². The number of para-hydroxylation sites is 1. The second-order valence-electron chi connectivity index (χ2n) is 6.24. The van der Waals surface area contributed by atoms with Crippen LogP contribution >= 0.6 is 0 Å². The number of ether oxygens (including phenoxy) is 1. The van der Waals surface area contributed by atoms with Crippen LogP contribution in [0, 0.1) is 6.92 Å². The summed E-state index contributed by atoms with van der Waals surface area (Å²) in [6.45, 7) is 5.45. The van der Waals surface area contributed by atoms with Crippen LogP contribution in [0.15, 0.2) is 24.3 Å². The Labute approximate surface area is 142 Å². The number of fused-ring (bicyclic) bond motifs is 1. The molecule has 1 aromatic heterocycles. The number of carbonyl (C=O) groups excluding carboxylic acids is 1. The third-order valence-corrected chi connectivity index (χ3v) is 4.30. The highest BCUT2D eigenvalue weighted by molar-refractivity contribution is 5.76. The molecule has 6 nitrogen and oxygen atoms in total. The van der Waals surface area contributed by atoms with E-state index in [0.29, 0.717) is 19.4 Å². The van der Waals surface area contributed by atoms with E-state index in [-0.39, 0.29) is 11.9 Å². The molecule has 0 bridgehead atoms. The second kappa shape index (κ2) is 7.47. The number of amides is 1. The van der Waals surface area contributed by atoms with Gasteiger partial charge >= 0.3 is 0 Å². The van der Waals surface area contributed by atoms with E-state index in [1.165, 1.54) is 0 Å². The Hall–Kier alpha value is -2.37. The summed E-state index contributed by atoms with van der Waals surface area (Å²) in [5.74, 6) is 2.78. The van der Waals surface area contributed by atoms with Crippen molar-refractivity contribution in [2.75, 3.05) is 6.61 Å². The number of benzene rings is 1. The van der Waals surface area contributed by atoms with E-state index in [4.69, 9.17) is 4.74 Å². The Kier molecular flexibility index (Phi) is 5.13. The van der Waals surface area contributed by atoms with Gasteiger partial charge in [0.15, 0.2) is 5.82 Å². The highest BCUT2D eigenvalue weighted by atomic mass is 16.5. The van der Waals surface area contributed by atoms with Crippen molar-refractivity contribution >= 4 is 5.91 Å². The quantitative estimate of drug-likeness (QED) is 0.793. The van der Waals surface area contributed by atoms with Gasteiger partial charge in [0.25, 0.3) is 0 Å². The van der Waals surface area contributed by atoms with Gasteiger partial charge in [-0.25, -0.2) is 0 Å². The van der Waals surface area contributed by atoms with E-state index in [1.807, 2.05) is 38.1 Å². The van der Waals surface area contributed by atoms with E-state index in [9.17, 15) is 4.79 Å². The topological polar surface area (TPSA) is 69.0 Å². The smallest absolute Gasteiger partial charge is 0.220 e. The van der Waals surface area contributed by atoms with Crippen molar-refractivity contribution in [3.63, 3.8) is 0 Å². The highest BCUT2D eigenvalue weighted by Crippen LogP contribution is 2.19. The van der Waals surface area contributed by atoms with Crippen LogP contribution < -0.4 is 10.1 Å². The zero-order chi connectivity index (χ0) is 16.9. The molecule has 0 saturated carbocycles. The molecule has 2 aromatic rings. The zero-order valence-electron chi connectivity index (χ0n) is 14.3. The summed E-state index contributed by atoms with van der Waals surface area (Å²) in [6.07, 6.45) is 3.21. The van der Waals surface area contributed by atoms with Gasteiger partial charge in [0.1, 0.15) is 11.6 Å². The van der Waals surface area contributed by atoms with Crippen molar-refractivity contribution < 1.29 is 9.53 Å². The number of carbonyl (C=O) groups is 1. The van der Waals surface area contributed by atoms with Crippen LogP contribution in [-0.2, 0) is 17.8 Å². The van der Waals surface area contributed by atoms with Crippen LogP contribution in [0.3, 0.4) is 0 Å². The Balaban J connectivity index is 1.42. The van der Waals surface area contributed by atoms with Crippen LogP contribution in [0.4, 0.5) is 0 Å². The molecule has 0 unspecified atom stereocenters. The fraction of sp³-hybridized carbons (Fsp3) is 0.500. The van der Waals surface area contributed by atoms with E-state index in [0.717, 1.165) is 42.3 Å². The van der Waals surface area contributed by atoms with Crippen molar-refractivity contribution in [2.24, 2.45) is 0 Å². The fourth-order valence-corrected chi connectivity index (χ4v) is 3.00. The standard InChI is InChI=1S/C18H24N4O2/c1-13-7-3-4-8-15(13)24-12-6-10-17(23)19-14(2)18-21-20-16-9-5-11-22(16)18/h3-4,7-8,14H,5-6,9-12H2,1-2H3,(H,19,23)/t14-/m0/s1. The summed E-state index contributed by atoms with van der Waals surface area (Å²) >= 11 is 0. The minimum atomic E-state index is -0.117. The van der Waals surface area contributed by atoms with Gasteiger partial charge in [0.2, 0.25) is 5.91 Å². The summed E-state index contributed by atoms with van der Waals surface area (Å²) in [5.41, 5.74) is 1.11. The minimum absolute atomic E-state index is 0.0197. The molecule has 0 spiro atoms. The third-order valence-electron chi connectivity index (χ3n) is 4.30. The molecule has 1 aliphatic rings. The molecule has 3 rings (SSSR count). The van der Waals surface area contributed by atoms with Gasteiger partial charge in [-0.15, -0.1) is 10.2 Å². The van der Waals surface area contributed by atoms with Crippen molar-refractivity contribution in [2.45, 2.75) is 52.1 Å². The average molecular weight is 328 g/mol. The SMILES string of the molecule is Cc1ccccc1OCCCC(=O)N[C@@H](C)c1nnc2n1CCC2. The van der Waals surface area contributed by atoms with Gasteiger partial charge in [-0.05, 0) is 38.3 Å². The summed E-state index contributed by atoms with van der Waals surface area (Å²) in [5, 5.41) is 11.4. The first kappa shape index (κ1) is 16.5. The molecule has 0 aliphatic carbocycles. The molecular formula is C18H24N4O2. The number of aromatic nitrogens is 3. The van der Waals surface area contributed by atoms with Gasteiger partial charge in [-0.3, -0.25) is 4.79 Å². The molecule has 6 heteroatoms. The molecule has 1 amide bonds. The lowest BCUT2D eigenvalue weighted by Crippen LogP contribution is -2.28. The lowest BCUT2D eigenvalue weighted by molar-refractivity contribution is -0.122. The average Bonchev–Trinajstić information content (AvgIpc) is 3.16. The van der Waals surface area contributed by atoms with Crippen molar-refractivity contribution in [3.05, 3.63) is 41.5 Å². The van der Waals surface area contributed by atoms with Crippen molar-refractivity contribution in [3.8, 4) is 5.75 Å². The maximum Gasteiger partial charge on any atom is 0.220 e. The number of rotatable bonds is 7. The molecule has 1 atom stereocenters. The summed E-state index contributed by atoms with van der Waals surface area (Å²) in [6, 6.07) is 7.78. The van der Waals surface area contributed by atoms with Crippen LogP contribution in [0.5, 0.6) is 5.75 Å². The molecule has 0 fully saturated rings. The third kappa shape index (κ3) is 3.75. The van der Waals surface area contributed by atoms with Gasteiger partial charge in [-0.1, -0.05) is 18.2 Å². The predicted octanol–water partition coefficient (Wildman–Crippen LogP) is 2.57. The highest BCUT2D eigenvalue weighted by Gasteiger charge is 2.22. The molecule has 128 valence electrons. The van der Waals surface area contributed by atoms with Crippen molar-refractivity contribution in [1.82, 2.24) is 20.1 Å². The van der Waals surface area contributed by atoms with Crippen LogP contribution in [-0.4, -0.2) is 27.3 Å². The number of nitrogens with one attached hydrogen (secondary N) is 1. The lowest BCUT2D eigenvalue weighted by atomic mass is 10.2. The molecule has 1 N–H and O–H groups in total. The normalized spacial score (nSPS) is 14.2. The number of hydrogen-bond acceptors (Lipinski definition) is 4. The number of hydrogen-bond donors (Lipinski definition) is 1. The maximum absolute atomic E-state index is 12.1. The molecule has 0 radical (unpaired) electrons. The van der Waals surface area contributed by atoms with Gasteiger partial charge in [-0.2, -0.15) is 0 Å². The first-order valence-corrected chi connectivity index (χ1v) is 8.55. The Morgan fingerprint density at radius 1 is 1.38 bits per heavy atom. The second-order valence-corrected chi connectivity index (χ2v) is 6.24. The molecular weight excluding hydrogens is 304 g/mol. The fourth-order valence-electron chi connectivity index (χ4n) is 3.00. The maximum atomic E-state index is 12.1. The van der Waals surface area contributed by atoms with E-state index >= 15 is 0 Å². The van der Waals surface area contributed by atoms with Gasteiger partial charge in [0.05, 0.1) is 12.6 Å². The zero-order valence-corrected chi connectivity index (χ0v) is 14.3. The monoisotopic (exact) mass is 328 g/mol. The molecule has 2 heterocycles. The summed E-state index contributed by atoms with van der Waals surface area (Å²) < 4.78 is 7.84. The van der Waals surface area contributed by atoms with E-state index in [1.54, 1.807) is 0 Å². The van der Waals surface area contributed by atoms with Gasteiger partial charge < -0.3 is 14.6 Å². The molecule has 1 aromatic carbocycles. The van der Waals surface area contributed by atoms with Crippen LogP contribution in [0.25, 0.3) is 0 Å². The largest absolute Gasteiger partial charge is 0.493 e. The molecule has 1 aliphatic heterocycles. The number of nitrogens with zero attached hydrogens (tertiary/aromatic N) is 3. The Morgan fingerprint density at radius 3 is 3.04 bits per heavy atom. The van der Waals surface area contributed by atoms with Crippen molar-refractivity contribution in [1.29, 1.82) is 0 Å². The summed E-state index contributed by atoms with van der Waals surface area (Å²) in [4.78, 5) is 12.1. The predicted molar refractivity (Wildman–Crippen MR) is 90.8 cm³/mol. The van der Waals surface area contributed by atoms with E-state index in [2.05, 4.69) is 20.1 Å². The lowest BCUT2D eigenvalue weighted by Gasteiger charge is -2.14. The minimum Gasteiger partial charge on any atom is -0.493 e. The van der Waals surface area contributed by atoms with Crippen LogP contribution in [0.2, 0.25) is 0 Å². The Bertz CT molecular complexity index is 711. The first-order valence-electron chi connectivity index (χ1n) is 8.55. The van der Waals surface area contributed by atoms with E-state index < -0.39 is 0 Å². The Morgan fingerprint density at radius 2 is 2.21 bits per heavy atom. The molecule has 24 heavy (non-hydrogen) atoms.